The maximum Gasteiger partial charge on any atom is 0.340 e. The molecule has 2 N–H and O–H groups in total. The molecule has 0 aliphatic carbocycles. The predicted molar refractivity (Wildman–Crippen MR) is 140 cm³/mol. The second-order valence-electron chi connectivity index (χ2n) is 9.86. The first-order chi connectivity index (χ1) is 18.0. The molecule has 2 aliphatic rings. The molecule has 1 saturated heterocycles. The Balaban J connectivity index is 1.37. The summed E-state index contributed by atoms with van der Waals surface area (Å²) in [6, 6.07) is 9.62. The first kappa shape index (κ1) is 23.4. The highest BCUT2D eigenvalue weighted by Gasteiger charge is 2.29. The van der Waals surface area contributed by atoms with Crippen LogP contribution in [0.4, 0.5) is 0 Å². The molecule has 1 unspecified atom stereocenters. The molecule has 0 radical (unpaired) electrons. The van der Waals surface area contributed by atoms with Crippen molar-refractivity contribution in [3.05, 3.63) is 71.2 Å². The minimum Gasteiger partial charge on any atom is -0.459 e. The lowest BCUT2D eigenvalue weighted by molar-refractivity contribution is -0.114. The molecule has 6 rings (SSSR count). The fourth-order valence-corrected chi connectivity index (χ4v) is 5.27. The number of H-pyrrole nitrogens is 1. The number of aromatic amines is 1. The van der Waals surface area contributed by atoms with Crippen LogP contribution in [0.3, 0.4) is 0 Å². The number of rotatable bonds is 7. The molecule has 9 nitrogen and oxygen atoms in total. The summed E-state index contributed by atoms with van der Waals surface area (Å²) >= 11 is 0. The largest absolute Gasteiger partial charge is 0.459 e. The van der Waals surface area contributed by atoms with Crippen molar-refractivity contribution in [3.63, 3.8) is 0 Å². The van der Waals surface area contributed by atoms with Crippen LogP contribution in [0.1, 0.15) is 39.9 Å². The molecule has 1 aromatic carbocycles. The second-order valence-corrected chi connectivity index (χ2v) is 9.86. The topological polar surface area (TPSA) is 101 Å². The van der Waals surface area contributed by atoms with E-state index >= 15 is 0 Å². The average Bonchev–Trinajstić information content (AvgIpc) is 3.68. The van der Waals surface area contributed by atoms with Gasteiger partial charge in [-0.1, -0.05) is 18.2 Å². The third-order valence-electron chi connectivity index (χ3n) is 6.98. The number of para-hydroxylation sites is 1. The van der Waals surface area contributed by atoms with Gasteiger partial charge >= 0.3 is 5.97 Å². The van der Waals surface area contributed by atoms with Gasteiger partial charge in [-0.3, -0.25) is 4.79 Å². The SMILES string of the molecule is CN(C)Cc1ccc2c(C3=C(c4c[nH]c5c(C(=O)OCC6CCCO6)cccc45)CNC3=O)cnn2c1. The van der Waals surface area contributed by atoms with Gasteiger partial charge in [-0.15, -0.1) is 0 Å². The zero-order valence-electron chi connectivity index (χ0n) is 20.9. The number of carbonyl (C=O) groups excluding carboxylic acids is 2. The number of hydrogen-bond donors (Lipinski definition) is 2. The van der Waals surface area contributed by atoms with E-state index in [0.717, 1.165) is 52.6 Å². The first-order valence-electron chi connectivity index (χ1n) is 12.5. The molecule has 1 amide bonds. The molecule has 0 spiro atoms. The summed E-state index contributed by atoms with van der Waals surface area (Å²) < 4.78 is 12.9. The number of hydrogen-bond acceptors (Lipinski definition) is 6. The number of esters is 1. The van der Waals surface area contributed by atoms with Gasteiger partial charge in [0.25, 0.3) is 5.91 Å². The number of pyridine rings is 1. The number of aromatic nitrogens is 3. The lowest BCUT2D eigenvalue weighted by Crippen LogP contribution is -2.18. The maximum atomic E-state index is 13.0. The summed E-state index contributed by atoms with van der Waals surface area (Å²) in [5, 5.41) is 8.38. The molecule has 0 bridgehead atoms. The third kappa shape index (κ3) is 4.30. The fourth-order valence-electron chi connectivity index (χ4n) is 5.27. The van der Waals surface area contributed by atoms with Crippen LogP contribution in [-0.4, -0.2) is 71.3 Å². The standard InChI is InChI=1S/C28H29N5O4/c1-32(2)14-17-8-9-24-23(13-31-33(24)15-17)25-22(12-30-27(25)34)21-11-29-26-19(21)6-3-7-20(26)28(35)37-16-18-5-4-10-36-18/h3,6-9,11,13,15,18,29H,4-5,10,12,14,16H2,1-2H3,(H,30,34). The number of benzene rings is 1. The zero-order chi connectivity index (χ0) is 25.5. The van der Waals surface area contributed by atoms with E-state index in [9.17, 15) is 9.59 Å². The highest BCUT2D eigenvalue weighted by molar-refractivity contribution is 6.32. The lowest BCUT2D eigenvalue weighted by Gasteiger charge is -2.11. The van der Waals surface area contributed by atoms with Crippen molar-refractivity contribution >= 4 is 39.4 Å². The summed E-state index contributed by atoms with van der Waals surface area (Å²) in [5.74, 6) is -0.524. The quantitative estimate of drug-likeness (QED) is 0.379. The minimum atomic E-state index is -0.388. The molecular weight excluding hydrogens is 470 g/mol. The van der Waals surface area contributed by atoms with Crippen LogP contribution in [0.15, 0.2) is 48.9 Å². The molecular formula is C28H29N5O4. The average molecular weight is 500 g/mol. The Morgan fingerprint density at radius 1 is 1.24 bits per heavy atom. The minimum absolute atomic E-state index is 0.0320. The van der Waals surface area contributed by atoms with Crippen LogP contribution < -0.4 is 5.32 Å². The van der Waals surface area contributed by atoms with E-state index in [4.69, 9.17) is 9.47 Å². The van der Waals surface area contributed by atoms with Gasteiger partial charge in [0.05, 0.1) is 34.5 Å². The molecule has 0 saturated carbocycles. The predicted octanol–water partition coefficient (Wildman–Crippen LogP) is 3.25. The monoisotopic (exact) mass is 499 g/mol. The van der Waals surface area contributed by atoms with E-state index in [1.165, 1.54) is 0 Å². The lowest BCUT2D eigenvalue weighted by atomic mass is 9.96. The van der Waals surface area contributed by atoms with Crippen LogP contribution in [0.25, 0.3) is 27.6 Å². The van der Waals surface area contributed by atoms with Crippen molar-refractivity contribution in [2.45, 2.75) is 25.5 Å². The third-order valence-corrected chi connectivity index (χ3v) is 6.98. The Morgan fingerprint density at radius 3 is 2.95 bits per heavy atom. The number of fused-ring (bicyclic) bond motifs is 2. The molecule has 1 fully saturated rings. The molecule has 37 heavy (non-hydrogen) atoms. The first-order valence-corrected chi connectivity index (χ1v) is 12.5. The van der Waals surface area contributed by atoms with Crippen LogP contribution in [0, 0.1) is 0 Å². The molecule has 4 aromatic rings. The number of nitrogens with one attached hydrogen (secondary N) is 2. The van der Waals surface area contributed by atoms with Crippen molar-refractivity contribution < 1.29 is 19.1 Å². The number of carbonyl (C=O) groups is 2. The van der Waals surface area contributed by atoms with Crippen LogP contribution in [0.5, 0.6) is 0 Å². The van der Waals surface area contributed by atoms with Crippen LogP contribution in [0.2, 0.25) is 0 Å². The highest BCUT2D eigenvalue weighted by Crippen LogP contribution is 2.36. The van der Waals surface area contributed by atoms with Gasteiger partial charge in [0.1, 0.15) is 6.61 Å². The molecule has 3 aromatic heterocycles. The maximum absolute atomic E-state index is 13.0. The molecule has 5 heterocycles. The number of amides is 1. The normalized spacial score (nSPS) is 17.9. The van der Waals surface area contributed by atoms with Crippen LogP contribution in [-0.2, 0) is 20.8 Å². The van der Waals surface area contributed by atoms with E-state index < -0.39 is 0 Å². The van der Waals surface area contributed by atoms with Crippen molar-refractivity contribution in [1.82, 2.24) is 24.8 Å². The summed E-state index contributed by atoms with van der Waals surface area (Å²) in [4.78, 5) is 31.3. The van der Waals surface area contributed by atoms with Gasteiger partial charge < -0.3 is 24.7 Å². The van der Waals surface area contributed by atoms with Gasteiger partial charge in [0, 0.05) is 48.6 Å². The molecule has 9 heteroatoms. The summed E-state index contributed by atoms with van der Waals surface area (Å²) in [5.41, 5.74) is 6.28. The smallest absolute Gasteiger partial charge is 0.340 e. The molecule has 190 valence electrons. The summed E-state index contributed by atoms with van der Waals surface area (Å²) in [6.07, 6.45) is 7.46. The Bertz CT molecular complexity index is 1540. The van der Waals surface area contributed by atoms with Crippen LogP contribution >= 0.6 is 0 Å². The van der Waals surface area contributed by atoms with E-state index in [-0.39, 0.29) is 24.6 Å². The van der Waals surface area contributed by atoms with E-state index in [2.05, 4.69) is 26.4 Å². The Morgan fingerprint density at radius 2 is 2.14 bits per heavy atom. The zero-order valence-corrected chi connectivity index (χ0v) is 20.9. The summed E-state index contributed by atoms with van der Waals surface area (Å²) in [6.45, 7) is 2.16. The van der Waals surface area contributed by atoms with Crippen molar-refractivity contribution in [2.24, 2.45) is 0 Å². The van der Waals surface area contributed by atoms with E-state index in [1.807, 2.05) is 49.2 Å². The van der Waals surface area contributed by atoms with E-state index in [0.29, 0.717) is 29.8 Å². The molecule has 1 atom stereocenters. The number of ether oxygens (including phenoxy) is 2. The molecule has 2 aliphatic heterocycles. The van der Waals surface area contributed by atoms with Crippen molar-refractivity contribution in [3.8, 4) is 0 Å². The Labute approximate surface area is 214 Å². The second kappa shape index (κ2) is 9.49. The van der Waals surface area contributed by atoms with Gasteiger partial charge in [-0.2, -0.15) is 5.10 Å². The van der Waals surface area contributed by atoms with Gasteiger partial charge in [-0.25, -0.2) is 9.31 Å². The van der Waals surface area contributed by atoms with Crippen molar-refractivity contribution in [1.29, 1.82) is 0 Å². The number of nitrogens with zero attached hydrogens (tertiary/aromatic N) is 3. The van der Waals surface area contributed by atoms with Crippen molar-refractivity contribution in [2.75, 3.05) is 33.9 Å². The van der Waals surface area contributed by atoms with E-state index in [1.54, 1.807) is 12.3 Å². The Kier molecular flexibility index (Phi) is 6.02. The van der Waals surface area contributed by atoms with Gasteiger partial charge in [-0.05, 0) is 50.2 Å². The summed E-state index contributed by atoms with van der Waals surface area (Å²) in [7, 11) is 4.05. The van der Waals surface area contributed by atoms with Gasteiger partial charge in [0.2, 0.25) is 0 Å². The highest BCUT2D eigenvalue weighted by atomic mass is 16.6. The Hall–Kier alpha value is -3.95. The van der Waals surface area contributed by atoms with Gasteiger partial charge in [0.15, 0.2) is 0 Å². The fraction of sp³-hybridized carbons (Fsp3) is 0.321.